The highest BCUT2D eigenvalue weighted by atomic mass is 16.2. The van der Waals surface area contributed by atoms with Crippen LogP contribution in [0.25, 0.3) is 0 Å². The summed E-state index contributed by atoms with van der Waals surface area (Å²) in [6, 6.07) is -0.0798. The maximum absolute atomic E-state index is 12.2. The number of amides is 2. The van der Waals surface area contributed by atoms with Gasteiger partial charge in [0, 0.05) is 18.1 Å². The molecule has 1 atom stereocenters. The lowest BCUT2D eigenvalue weighted by atomic mass is 9.75. The Balaban J connectivity index is 1.59. The number of likely N-dealkylation sites (N-methyl/N-ethyl adjacent to an activating group) is 1. The normalized spacial score (nSPS) is 30.1. The standard InChI is InChI=1S/C14H23N3O2/c1-16(2)14(6-3-7-14)9-15-11-8-12(18)17(13(11)19)10-4-5-10/h10-11,15H,3-9H2,1-2H3. The van der Waals surface area contributed by atoms with Crippen molar-refractivity contribution in [2.45, 2.75) is 56.1 Å². The molecule has 3 aliphatic rings. The van der Waals surface area contributed by atoms with Gasteiger partial charge in [-0.25, -0.2) is 0 Å². The van der Waals surface area contributed by atoms with Crippen LogP contribution < -0.4 is 5.32 Å². The van der Waals surface area contributed by atoms with E-state index < -0.39 is 0 Å². The topological polar surface area (TPSA) is 52.7 Å². The van der Waals surface area contributed by atoms with E-state index in [-0.39, 0.29) is 29.4 Å². The lowest BCUT2D eigenvalue weighted by Crippen LogP contribution is -2.58. The fraction of sp³-hybridized carbons (Fsp3) is 0.857. The van der Waals surface area contributed by atoms with Crippen molar-refractivity contribution in [2.75, 3.05) is 20.6 Å². The van der Waals surface area contributed by atoms with E-state index in [0.717, 1.165) is 19.4 Å². The Hall–Kier alpha value is -0.940. The first-order valence-corrected chi connectivity index (χ1v) is 7.30. The first-order chi connectivity index (χ1) is 9.03. The van der Waals surface area contributed by atoms with Crippen LogP contribution in [0.2, 0.25) is 0 Å². The third-order valence-electron chi connectivity index (χ3n) is 5.01. The van der Waals surface area contributed by atoms with Gasteiger partial charge >= 0.3 is 0 Å². The summed E-state index contributed by atoms with van der Waals surface area (Å²) in [6.45, 7) is 0.808. The van der Waals surface area contributed by atoms with E-state index in [1.54, 1.807) is 0 Å². The number of nitrogens with zero attached hydrogens (tertiary/aromatic N) is 2. The summed E-state index contributed by atoms with van der Waals surface area (Å²) in [5.41, 5.74) is 0.191. The number of rotatable bonds is 5. The van der Waals surface area contributed by atoms with Crippen LogP contribution in [0.5, 0.6) is 0 Å². The molecule has 5 nitrogen and oxygen atoms in total. The summed E-state index contributed by atoms with van der Waals surface area (Å²) in [5.74, 6) is 0.0123. The largest absolute Gasteiger partial charge is 0.304 e. The minimum atomic E-state index is -0.287. The minimum Gasteiger partial charge on any atom is -0.304 e. The Morgan fingerprint density at radius 1 is 1.32 bits per heavy atom. The van der Waals surface area contributed by atoms with Crippen molar-refractivity contribution in [2.24, 2.45) is 0 Å². The molecule has 1 unspecified atom stereocenters. The van der Waals surface area contributed by atoms with Crippen LogP contribution in [0.3, 0.4) is 0 Å². The van der Waals surface area contributed by atoms with Crippen molar-refractivity contribution in [1.29, 1.82) is 0 Å². The first-order valence-electron chi connectivity index (χ1n) is 7.30. The molecular formula is C14H23N3O2. The van der Waals surface area contributed by atoms with Gasteiger partial charge in [0.2, 0.25) is 11.8 Å². The van der Waals surface area contributed by atoms with E-state index in [1.165, 1.54) is 24.2 Å². The van der Waals surface area contributed by atoms with E-state index >= 15 is 0 Å². The van der Waals surface area contributed by atoms with Gasteiger partial charge in [-0.15, -0.1) is 0 Å². The molecule has 0 bridgehead atoms. The smallest absolute Gasteiger partial charge is 0.247 e. The van der Waals surface area contributed by atoms with E-state index in [1.807, 2.05) is 0 Å². The van der Waals surface area contributed by atoms with Crippen LogP contribution in [0.1, 0.15) is 38.5 Å². The quantitative estimate of drug-likeness (QED) is 0.729. The van der Waals surface area contributed by atoms with Gasteiger partial charge in [0.15, 0.2) is 0 Å². The number of hydrogen-bond donors (Lipinski definition) is 1. The third kappa shape index (κ3) is 2.19. The lowest BCUT2D eigenvalue weighted by Gasteiger charge is -2.48. The Labute approximate surface area is 114 Å². The predicted octanol–water partition coefficient (Wildman–Crippen LogP) is 0.350. The van der Waals surface area contributed by atoms with Crippen molar-refractivity contribution in [1.82, 2.24) is 15.1 Å². The fourth-order valence-corrected chi connectivity index (χ4v) is 3.21. The van der Waals surface area contributed by atoms with Crippen LogP contribution in [0.4, 0.5) is 0 Å². The monoisotopic (exact) mass is 265 g/mol. The number of imide groups is 1. The molecule has 1 aliphatic heterocycles. The van der Waals surface area contributed by atoms with E-state index in [9.17, 15) is 9.59 Å². The highest BCUT2D eigenvalue weighted by Gasteiger charge is 2.47. The Bertz CT molecular complexity index is 399. The summed E-state index contributed by atoms with van der Waals surface area (Å²) in [6.07, 6.45) is 5.94. The molecule has 0 aromatic carbocycles. The van der Waals surface area contributed by atoms with Gasteiger partial charge in [0.25, 0.3) is 0 Å². The number of carbonyl (C=O) groups excluding carboxylic acids is 2. The van der Waals surface area contributed by atoms with Crippen molar-refractivity contribution >= 4 is 11.8 Å². The molecule has 5 heteroatoms. The maximum atomic E-state index is 12.2. The van der Waals surface area contributed by atoms with Crippen molar-refractivity contribution in [3.63, 3.8) is 0 Å². The van der Waals surface area contributed by atoms with Crippen LogP contribution in [0, 0.1) is 0 Å². The zero-order valence-corrected chi connectivity index (χ0v) is 11.8. The van der Waals surface area contributed by atoms with Crippen molar-refractivity contribution in [3.05, 3.63) is 0 Å². The lowest BCUT2D eigenvalue weighted by molar-refractivity contribution is -0.139. The van der Waals surface area contributed by atoms with Gasteiger partial charge in [0.1, 0.15) is 0 Å². The minimum absolute atomic E-state index is 0.000676. The molecule has 19 heavy (non-hydrogen) atoms. The summed E-state index contributed by atoms with van der Waals surface area (Å²) >= 11 is 0. The highest BCUT2D eigenvalue weighted by Crippen LogP contribution is 2.36. The second-order valence-corrected chi connectivity index (χ2v) is 6.44. The van der Waals surface area contributed by atoms with Gasteiger partial charge in [0.05, 0.1) is 12.5 Å². The zero-order chi connectivity index (χ0) is 13.6. The molecule has 0 aromatic rings. The molecule has 0 aromatic heterocycles. The van der Waals surface area contributed by atoms with Gasteiger partial charge in [-0.3, -0.25) is 14.5 Å². The highest BCUT2D eigenvalue weighted by molar-refractivity contribution is 6.06. The molecule has 1 N–H and O–H groups in total. The number of likely N-dealkylation sites (tertiary alicyclic amines) is 1. The van der Waals surface area contributed by atoms with E-state index in [2.05, 4.69) is 24.3 Å². The Morgan fingerprint density at radius 3 is 2.47 bits per heavy atom. The van der Waals surface area contributed by atoms with Crippen LogP contribution in [0.15, 0.2) is 0 Å². The number of nitrogens with one attached hydrogen (secondary N) is 1. The van der Waals surface area contributed by atoms with Gasteiger partial charge in [-0.2, -0.15) is 0 Å². The average molecular weight is 265 g/mol. The van der Waals surface area contributed by atoms with Gasteiger partial charge < -0.3 is 10.2 Å². The number of carbonyl (C=O) groups is 2. The SMILES string of the molecule is CN(C)C1(CNC2CC(=O)N(C3CC3)C2=O)CCC1. The second kappa shape index (κ2) is 4.56. The van der Waals surface area contributed by atoms with E-state index in [4.69, 9.17) is 0 Å². The molecule has 0 spiro atoms. The fourth-order valence-electron chi connectivity index (χ4n) is 3.21. The first kappa shape index (κ1) is 13.1. The van der Waals surface area contributed by atoms with Gasteiger partial charge in [-0.1, -0.05) is 0 Å². The molecule has 3 rings (SSSR count). The molecule has 0 radical (unpaired) electrons. The van der Waals surface area contributed by atoms with E-state index in [0.29, 0.717) is 6.42 Å². The Kier molecular flexibility index (Phi) is 3.14. The van der Waals surface area contributed by atoms with Crippen LogP contribution in [-0.2, 0) is 9.59 Å². The molecule has 1 saturated heterocycles. The molecule has 2 saturated carbocycles. The van der Waals surface area contributed by atoms with Crippen molar-refractivity contribution < 1.29 is 9.59 Å². The molecule has 2 aliphatic carbocycles. The van der Waals surface area contributed by atoms with Crippen LogP contribution >= 0.6 is 0 Å². The average Bonchev–Trinajstić information content (AvgIpc) is 3.06. The molecule has 1 heterocycles. The summed E-state index contributed by atoms with van der Waals surface area (Å²) in [5, 5.41) is 3.34. The second-order valence-electron chi connectivity index (χ2n) is 6.44. The zero-order valence-electron chi connectivity index (χ0n) is 11.8. The predicted molar refractivity (Wildman–Crippen MR) is 71.6 cm³/mol. The maximum Gasteiger partial charge on any atom is 0.247 e. The third-order valence-corrected chi connectivity index (χ3v) is 5.01. The van der Waals surface area contributed by atoms with Crippen LogP contribution in [-0.4, -0.2) is 59.9 Å². The molecule has 3 fully saturated rings. The van der Waals surface area contributed by atoms with Gasteiger partial charge in [-0.05, 0) is 46.2 Å². The number of hydrogen-bond acceptors (Lipinski definition) is 4. The summed E-state index contributed by atoms with van der Waals surface area (Å²) in [4.78, 5) is 27.8. The summed E-state index contributed by atoms with van der Waals surface area (Å²) < 4.78 is 0. The molecule has 106 valence electrons. The Morgan fingerprint density at radius 2 is 2.00 bits per heavy atom. The summed E-state index contributed by atoms with van der Waals surface area (Å²) in [7, 11) is 4.19. The van der Waals surface area contributed by atoms with Crippen molar-refractivity contribution in [3.8, 4) is 0 Å². The molecule has 2 amide bonds. The molecular weight excluding hydrogens is 242 g/mol.